The first-order valence-electron chi connectivity index (χ1n) is 5.82. The highest BCUT2D eigenvalue weighted by Gasteiger charge is 2.11. The predicted molar refractivity (Wildman–Crippen MR) is 75.4 cm³/mol. The number of carbonyl (C=O) groups excluding carboxylic acids is 1. The Morgan fingerprint density at radius 3 is 2.35 bits per heavy atom. The molecule has 0 spiro atoms. The average molecular weight is 291 g/mol. The fraction of sp³-hybridized carbons (Fsp3) is 0.0714. The molecule has 0 radical (unpaired) electrons. The minimum Gasteiger partial charge on any atom is -0.322 e. The van der Waals surface area contributed by atoms with Crippen molar-refractivity contribution in [2.75, 3.05) is 5.32 Å². The van der Waals surface area contributed by atoms with Crippen molar-refractivity contribution in [3.63, 3.8) is 0 Å². The standard InChI is InChI=1S/C14H13NO4S/c1-10-5-7-11(8-6-10)14(16)15-12-3-2-4-13(9-12)20(17,18)19/h2-9H,1H3,(H,15,16)(H,17,18,19). The van der Waals surface area contributed by atoms with Crippen molar-refractivity contribution in [1.82, 2.24) is 0 Å². The summed E-state index contributed by atoms with van der Waals surface area (Å²) in [7, 11) is -4.28. The van der Waals surface area contributed by atoms with E-state index >= 15 is 0 Å². The molecule has 2 aromatic carbocycles. The van der Waals surface area contributed by atoms with Crippen molar-refractivity contribution in [2.45, 2.75) is 11.8 Å². The van der Waals surface area contributed by atoms with E-state index in [0.717, 1.165) is 5.56 Å². The van der Waals surface area contributed by atoms with Crippen LogP contribution in [0, 0.1) is 6.92 Å². The maximum absolute atomic E-state index is 12.0. The summed E-state index contributed by atoms with van der Waals surface area (Å²) >= 11 is 0. The number of benzene rings is 2. The Hall–Kier alpha value is -2.18. The zero-order chi connectivity index (χ0) is 14.8. The third kappa shape index (κ3) is 3.43. The van der Waals surface area contributed by atoms with E-state index in [1.807, 2.05) is 19.1 Å². The molecule has 20 heavy (non-hydrogen) atoms. The van der Waals surface area contributed by atoms with Crippen LogP contribution in [0.2, 0.25) is 0 Å². The topological polar surface area (TPSA) is 83.5 Å². The smallest absolute Gasteiger partial charge is 0.294 e. The van der Waals surface area contributed by atoms with E-state index in [0.29, 0.717) is 11.3 Å². The van der Waals surface area contributed by atoms with E-state index in [2.05, 4.69) is 5.32 Å². The molecule has 5 nitrogen and oxygen atoms in total. The Morgan fingerprint density at radius 2 is 1.75 bits per heavy atom. The molecule has 2 N–H and O–H groups in total. The minimum absolute atomic E-state index is 0.265. The SMILES string of the molecule is Cc1ccc(C(=O)Nc2cccc(S(=O)(=O)O)c2)cc1. The Morgan fingerprint density at radius 1 is 1.10 bits per heavy atom. The molecule has 0 atom stereocenters. The number of carbonyl (C=O) groups is 1. The molecule has 0 fully saturated rings. The Balaban J connectivity index is 2.22. The number of anilines is 1. The van der Waals surface area contributed by atoms with Gasteiger partial charge in [0.15, 0.2) is 0 Å². The monoisotopic (exact) mass is 291 g/mol. The van der Waals surface area contributed by atoms with Crippen LogP contribution in [0.4, 0.5) is 5.69 Å². The van der Waals surface area contributed by atoms with Gasteiger partial charge in [-0.1, -0.05) is 23.8 Å². The summed E-state index contributed by atoms with van der Waals surface area (Å²) in [4.78, 5) is 11.7. The number of amides is 1. The molecule has 2 aromatic rings. The van der Waals surface area contributed by atoms with Crippen molar-refractivity contribution >= 4 is 21.7 Å². The van der Waals surface area contributed by atoms with Gasteiger partial charge in [-0.05, 0) is 37.3 Å². The quantitative estimate of drug-likeness (QED) is 0.851. The van der Waals surface area contributed by atoms with E-state index in [4.69, 9.17) is 4.55 Å². The van der Waals surface area contributed by atoms with Crippen LogP contribution in [-0.4, -0.2) is 18.9 Å². The molecule has 0 aromatic heterocycles. The lowest BCUT2D eigenvalue weighted by Crippen LogP contribution is -2.12. The van der Waals surface area contributed by atoms with Gasteiger partial charge in [-0.25, -0.2) is 0 Å². The second-order valence-corrected chi connectivity index (χ2v) is 5.74. The molecule has 0 aliphatic heterocycles. The lowest BCUT2D eigenvalue weighted by Gasteiger charge is -2.06. The molecule has 2 rings (SSSR count). The van der Waals surface area contributed by atoms with Crippen LogP contribution in [0.3, 0.4) is 0 Å². The van der Waals surface area contributed by atoms with E-state index in [1.54, 1.807) is 18.2 Å². The zero-order valence-corrected chi connectivity index (χ0v) is 11.5. The van der Waals surface area contributed by atoms with Gasteiger partial charge in [0.1, 0.15) is 0 Å². The molecule has 0 bridgehead atoms. The minimum atomic E-state index is -4.28. The maximum atomic E-state index is 12.0. The van der Waals surface area contributed by atoms with E-state index in [-0.39, 0.29) is 10.8 Å². The lowest BCUT2D eigenvalue weighted by atomic mass is 10.1. The van der Waals surface area contributed by atoms with Crippen LogP contribution >= 0.6 is 0 Å². The molecule has 104 valence electrons. The maximum Gasteiger partial charge on any atom is 0.294 e. The number of hydrogen-bond donors (Lipinski definition) is 2. The molecule has 0 heterocycles. The van der Waals surface area contributed by atoms with Gasteiger partial charge in [0.2, 0.25) is 0 Å². The van der Waals surface area contributed by atoms with Crippen molar-refractivity contribution in [1.29, 1.82) is 0 Å². The highest BCUT2D eigenvalue weighted by Crippen LogP contribution is 2.16. The third-order valence-electron chi connectivity index (χ3n) is 2.70. The van der Waals surface area contributed by atoms with Gasteiger partial charge in [0.05, 0.1) is 4.90 Å². The molecule has 0 saturated carbocycles. The van der Waals surface area contributed by atoms with Crippen molar-refractivity contribution in [3.8, 4) is 0 Å². The summed E-state index contributed by atoms with van der Waals surface area (Å²) < 4.78 is 31.0. The van der Waals surface area contributed by atoms with Crippen molar-refractivity contribution in [2.24, 2.45) is 0 Å². The molecule has 6 heteroatoms. The lowest BCUT2D eigenvalue weighted by molar-refractivity contribution is 0.102. The van der Waals surface area contributed by atoms with Gasteiger partial charge in [0, 0.05) is 11.3 Å². The van der Waals surface area contributed by atoms with Crippen LogP contribution in [0.25, 0.3) is 0 Å². The van der Waals surface area contributed by atoms with Gasteiger partial charge in [0.25, 0.3) is 16.0 Å². The largest absolute Gasteiger partial charge is 0.322 e. The molecule has 0 unspecified atom stereocenters. The summed E-state index contributed by atoms with van der Waals surface area (Å²) in [5.74, 6) is -0.350. The Kier molecular flexibility index (Phi) is 3.87. The first-order chi connectivity index (χ1) is 9.36. The van der Waals surface area contributed by atoms with Crippen LogP contribution in [-0.2, 0) is 10.1 Å². The Bertz CT molecular complexity index is 736. The molecule has 0 aliphatic carbocycles. The molecular formula is C14H13NO4S. The fourth-order valence-electron chi connectivity index (χ4n) is 1.64. The number of aryl methyl sites for hydroxylation is 1. The molecule has 0 aliphatic rings. The average Bonchev–Trinajstić information content (AvgIpc) is 2.38. The van der Waals surface area contributed by atoms with Crippen LogP contribution in [0.1, 0.15) is 15.9 Å². The highest BCUT2D eigenvalue weighted by molar-refractivity contribution is 7.85. The Labute approximate surface area is 117 Å². The van der Waals surface area contributed by atoms with E-state index < -0.39 is 10.1 Å². The van der Waals surface area contributed by atoms with Crippen molar-refractivity contribution in [3.05, 3.63) is 59.7 Å². The summed E-state index contributed by atoms with van der Waals surface area (Å²) in [6.07, 6.45) is 0. The van der Waals surface area contributed by atoms with Gasteiger partial charge in [-0.3, -0.25) is 9.35 Å². The van der Waals surface area contributed by atoms with Gasteiger partial charge in [-0.2, -0.15) is 8.42 Å². The molecule has 1 amide bonds. The predicted octanol–water partition coefficient (Wildman–Crippen LogP) is 2.49. The normalized spacial score (nSPS) is 11.1. The molecular weight excluding hydrogens is 278 g/mol. The third-order valence-corrected chi connectivity index (χ3v) is 3.55. The highest BCUT2D eigenvalue weighted by atomic mass is 32.2. The van der Waals surface area contributed by atoms with Crippen LogP contribution in [0.15, 0.2) is 53.4 Å². The summed E-state index contributed by atoms with van der Waals surface area (Å²) in [5.41, 5.74) is 1.80. The number of rotatable bonds is 3. The van der Waals surface area contributed by atoms with Crippen molar-refractivity contribution < 1.29 is 17.8 Å². The first kappa shape index (κ1) is 14.2. The molecule has 0 saturated heterocycles. The van der Waals surface area contributed by atoms with Gasteiger partial charge >= 0.3 is 0 Å². The summed E-state index contributed by atoms with van der Waals surface area (Å²) in [6.45, 7) is 1.91. The first-order valence-corrected chi connectivity index (χ1v) is 7.26. The van der Waals surface area contributed by atoms with Gasteiger partial charge in [-0.15, -0.1) is 0 Å². The van der Waals surface area contributed by atoms with Crippen LogP contribution < -0.4 is 5.32 Å². The number of hydrogen-bond acceptors (Lipinski definition) is 3. The number of nitrogens with one attached hydrogen (secondary N) is 1. The van der Waals surface area contributed by atoms with Crippen LogP contribution in [0.5, 0.6) is 0 Å². The van der Waals surface area contributed by atoms with E-state index in [9.17, 15) is 13.2 Å². The van der Waals surface area contributed by atoms with Gasteiger partial charge < -0.3 is 5.32 Å². The second kappa shape index (κ2) is 5.44. The second-order valence-electron chi connectivity index (χ2n) is 4.32. The zero-order valence-electron chi connectivity index (χ0n) is 10.7. The van der Waals surface area contributed by atoms with E-state index in [1.165, 1.54) is 18.2 Å². The summed E-state index contributed by atoms with van der Waals surface area (Å²) in [6, 6.07) is 12.4. The summed E-state index contributed by atoms with van der Waals surface area (Å²) in [5, 5.41) is 2.58. The fourth-order valence-corrected chi connectivity index (χ4v) is 2.17.